The smallest absolute Gasteiger partial charge is 0.262 e. The second-order valence-corrected chi connectivity index (χ2v) is 10.1. The van der Waals surface area contributed by atoms with E-state index >= 15 is 4.39 Å². The van der Waals surface area contributed by atoms with E-state index < -0.39 is 27.8 Å². The van der Waals surface area contributed by atoms with Gasteiger partial charge in [0.05, 0.1) is 17.6 Å². The molecule has 10 nitrogen and oxygen atoms in total. The van der Waals surface area contributed by atoms with Crippen LogP contribution >= 0.6 is 0 Å². The average Bonchev–Trinajstić information content (AvgIpc) is 2.88. The summed E-state index contributed by atoms with van der Waals surface area (Å²) in [7, 11) is -4.09. The molecule has 3 aromatic carbocycles. The van der Waals surface area contributed by atoms with Crippen LogP contribution in [0.5, 0.6) is 11.5 Å². The van der Waals surface area contributed by atoms with Gasteiger partial charge in [-0.2, -0.15) is 0 Å². The zero-order valence-corrected chi connectivity index (χ0v) is 21.9. The number of nitrogen functional groups attached to an aromatic ring is 1. The summed E-state index contributed by atoms with van der Waals surface area (Å²) < 4.78 is 51.9. The maximum Gasteiger partial charge on any atom is 0.262 e. The Labute approximate surface area is 220 Å². The van der Waals surface area contributed by atoms with Crippen LogP contribution in [0, 0.1) is 11.2 Å². The number of carbonyl (C=O) groups excluding carboxylic acids is 1. The third-order valence-corrected chi connectivity index (χ3v) is 6.43. The summed E-state index contributed by atoms with van der Waals surface area (Å²) in [6.07, 6.45) is -0.260. The van der Waals surface area contributed by atoms with E-state index in [1.54, 1.807) is 51.1 Å². The third-order valence-electron chi connectivity index (χ3n) is 5.17. The first-order valence-corrected chi connectivity index (χ1v) is 13.2. The Balaban J connectivity index is 1.98. The number of anilines is 1. The zero-order valence-electron chi connectivity index (χ0n) is 21.1. The number of hydrogen-bond acceptors (Lipinski definition) is 7. The Bertz CT molecular complexity index is 1380. The summed E-state index contributed by atoms with van der Waals surface area (Å²) in [6, 6.07) is 14.7. The van der Waals surface area contributed by atoms with Gasteiger partial charge in [-0.15, -0.1) is 4.83 Å². The van der Waals surface area contributed by atoms with Gasteiger partial charge in [-0.05, 0) is 63.2 Å². The number of benzene rings is 3. The fourth-order valence-corrected chi connectivity index (χ4v) is 4.30. The molecule has 0 spiro atoms. The number of rotatable bonds is 12. The predicted molar refractivity (Wildman–Crippen MR) is 142 cm³/mol. The summed E-state index contributed by atoms with van der Waals surface area (Å²) in [4.78, 5) is 15.3. The van der Waals surface area contributed by atoms with Crippen LogP contribution in [0.1, 0.15) is 37.9 Å². The van der Waals surface area contributed by atoms with E-state index in [-0.39, 0.29) is 40.5 Å². The average molecular weight is 544 g/mol. The normalized spacial score (nSPS) is 12.0. The number of halogens is 1. The molecule has 1 atom stereocenters. The minimum absolute atomic E-state index is 0.0652. The highest BCUT2D eigenvalue weighted by Crippen LogP contribution is 2.35. The highest BCUT2D eigenvalue weighted by molar-refractivity contribution is 7.89. The van der Waals surface area contributed by atoms with Gasteiger partial charge in [0.15, 0.2) is 11.5 Å². The Morgan fingerprint density at radius 2 is 1.71 bits per heavy atom. The molecule has 3 aromatic rings. The fourth-order valence-electron chi connectivity index (χ4n) is 3.43. The van der Waals surface area contributed by atoms with Crippen LogP contribution in [0.4, 0.5) is 10.1 Å². The summed E-state index contributed by atoms with van der Waals surface area (Å²) >= 11 is 0. The molecule has 0 aliphatic heterocycles. The lowest BCUT2D eigenvalue weighted by Gasteiger charge is -2.23. The largest absolute Gasteiger partial charge is 0.490 e. The Hall–Kier alpha value is -4.16. The van der Waals surface area contributed by atoms with Gasteiger partial charge >= 0.3 is 0 Å². The van der Waals surface area contributed by atoms with Crippen molar-refractivity contribution in [2.75, 3.05) is 11.9 Å². The first kappa shape index (κ1) is 28.4. The molecule has 0 radical (unpaired) electrons. The molecule has 0 bridgehead atoms. The number of amides is 1. The molecule has 1 unspecified atom stereocenters. The van der Waals surface area contributed by atoms with Crippen molar-refractivity contribution in [3.05, 3.63) is 83.7 Å². The van der Waals surface area contributed by atoms with Crippen molar-refractivity contribution < 1.29 is 27.1 Å². The molecule has 0 saturated heterocycles. The lowest BCUT2D eigenvalue weighted by Crippen LogP contribution is -2.45. The van der Waals surface area contributed by atoms with Gasteiger partial charge in [-0.3, -0.25) is 15.6 Å². The quantitative estimate of drug-likeness (QED) is 0.133. The highest BCUT2D eigenvalue weighted by Gasteiger charge is 2.28. The Morgan fingerprint density at radius 1 is 1.05 bits per heavy atom. The second kappa shape index (κ2) is 12.4. The van der Waals surface area contributed by atoms with Crippen molar-refractivity contribution in [2.45, 2.75) is 37.8 Å². The second-order valence-electron chi connectivity index (χ2n) is 8.40. The summed E-state index contributed by atoms with van der Waals surface area (Å²) in [5, 5.41) is 10.5. The summed E-state index contributed by atoms with van der Waals surface area (Å²) in [5.74, 6) is -1.43. The molecular weight excluding hydrogens is 513 g/mol. The van der Waals surface area contributed by atoms with E-state index in [0.29, 0.717) is 11.3 Å². The summed E-state index contributed by atoms with van der Waals surface area (Å²) in [5.41, 5.74) is 8.39. The molecule has 0 fully saturated rings. The van der Waals surface area contributed by atoms with Crippen LogP contribution in [-0.2, 0) is 14.8 Å². The lowest BCUT2D eigenvalue weighted by atomic mass is 10.0. The fraction of sp³-hybridized carbons (Fsp3) is 0.231. The molecule has 0 saturated carbocycles. The molecule has 0 heterocycles. The van der Waals surface area contributed by atoms with E-state index in [1.807, 2.05) is 4.83 Å². The van der Waals surface area contributed by atoms with Gasteiger partial charge in [0, 0.05) is 22.9 Å². The van der Waals surface area contributed by atoms with Crippen molar-refractivity contribution in [1.82, 2.24) is 10.3 Å². The van der Waals surface area contributed by atoms with Crippen LogP contribution in [0.15, 0.2) is 71.6 Å². The molecule has 6 N–H and O–H groups in total. The first-order chi connectivity index (χ1) is 18.0. The monoisotopic (exact) mass is 543 g/mol. The maximum absolute atomic E-state index is 15.4. The van der Waals surface area contributed by atoms with Gasteiger partial charge in [-0.1, -0.05) is 18.2 Å². The van der Waals surface area contributed by atoms with Gasteiger partial charge in [0.25, 0.3) is 15.9 Å². The highest BCUT2D eigenvalue weighted by atomic mass is 32.2. The van der Waals surface area contributed by atoms with Crippen LogP contribution in [-0.4, -0.2) is 32.9 Å². The lowest BCUT2D eigenvalue weighted by molar-refractivity contribution is -0.122. The Kier molecular flexibility index (Phi) is 9.26. The standard InChI is InChI=1S/C26H30FN5O5S/c1-4-36-22-14-20(21(27)15-23(22)37-16(2)3)24(30-18-12-10-17(11-13-18)25(28)29)26(33)31-32-38(34,35)19-8-6-5-7-9-19/h5-16,24,30,32H,4H2,1-3H3,(H3,28,29)(H,31,33). The van der Waals surface area contributed by atoms with Gasteiger partial charge in [0.2, 0.25) is 0 Å². The molecule has 0 aromatic heterocycles. The third kappa shape index (κ3) is 7.20. The minimum atomic E-state index is -4.09. The first-order valence-electron chi connectivity index (χ1n) is 11.7. The number of hydrazine groups is 1. The number of hydrogen-bond donors (Lipinski definition) is 5. The van der Waals surface area contributed by atoms with E-state index in [2.05, 4.69) is 10.7 Å². The van der Waals surface area contributed by atoms with Crippen LogP contribution in [0.3, 0.4) is 0 Å². The molecule has 1 amide bonds. The van der Waals surface area contributed by atoms with Crippen LogP contribution in [0.25, 0.3) is 0 Å². The van der Waals surface area contributed by atoms with E-state index in [9.17, 15) is 13.2 Å². The Morgan fingerprint density at radius 3 is 2.29 bits per heavy atom. The number of nitrogens with one attached hydrogen (secondary N) is 4. The molecule has 3 rings (SSSR count). The van der Waals surface area contributed by atoms with Crippen molar-refractivity contribution in [2.24, 2.45) is 5.73 Å². The SMILES string of the molecule is CCOc1cc(C(Nc2ccc(C(=N)N)cc2)C(=O)NNS(=O)(=O)c2ccccc2)c(F)cc1OC(C)C. The van der Waals surface area contributed by atoms with E-state index in [1.165, 1.54) is 30.3 Å². The van der Waals surface area contributed by atoms with Crippen molar-refractivity contribution in [1.29, 1.82) is 5.41 Å². The maximum atomic E-state index is 15.4. The molecule has 38 heavy (non-hydrogen) atoms. The molecular formula is C26H30FN5O5S. The van der Waals surface area contributed by atoms with Crippen molar-refractivity contribution >= 4 is 27.5 Å². The number of nitrogens with two attached hydrogens (primary N) is 1. The van der Waals surface area contributed by atoms with Crippen molar-refractivity contribution in [3.63, 3.8) is 0 Å². The summed E-state index contributed by atoms with van der Waals surface area (Å²) in [6.45, 7) is 5.57. The van der Waals surface area contributed by atoms with Crippen LogP contribution < -0.4 is 30.8 Å². The number of amidine groups is 1. The van der Waals surface area contributed by atoms with E-state index in [4.69, 9.17) is 20.6 Å². The van der Waals surface area contributed by atoms with Crippen molar-refractivity contribution in [3.8, 4) is 11.5 Å². The van der Waals surface area contributed by atoms with E-state index in [0.717, 1.165) is 6.07 Å². The minimum Gasteiger partial charge on any atom is -0.490 e. The van der Waals surface area contributed by atoms with Gasteiger partial charge in [-0.25, -0.2) is 12.8 Å². The van der Waals surface area contributed by atoms with Crippen LogP contribution in [0.2, 0.25) is 0 Å². The predicted octanol–water partition coefficient (Wildman–Crippen LogP) is 3.46. The molecule has 202 valence electrons. The molecule has 12 heteroatoms. The molecule has 0 aliphatic rings. The zero-order chi connectivity index (χ0) is 27.9. The number of ether oxygens (including phenoxy) is 2. The number of carbonyl (C=O) groups is 1. The topological polar surface area (TPSA) is 156 Å². The molecule has 0 aliphatic carbocycles. The van der Waals surface area contributed by atoms with Gasteiger partial charge in [0.1, 0.15) is 17.7 Å². The van der Waals surface area contributed by atoms with Gasteiger partial charge < -0.3 is 20.5 Å². The number of sulfonamides is 1.